The SMILES string of the molecule is CC(C)n1ncc(Cl)c1C(O)c1cccc(Br)c1Cl. The molecular weight excluding hydrogens is 351 g/mol. The van der Waals surface area contributed by atoms with Crippen molar-refractivity contribution in [2.24, 2.45) is 0 Å². The number of aliphatic hydroxyl groups is 1. The molecule has 0 amide bonds. The van der Waals surface area contributed by atoms with E-state index in [1.165, 1.54) is 6.20 Å². The van der Waals surface area contributed by atoms with Gasteiger partial charge in [-0.25, -0.2) is 0 Å². The first-order valence-electron chi connectivity index (χ1n) is 5.78. The molecule has 3 nitrogen and oxygen atoms in total. The monoisotopic (exact) mass is 362 g/mol. The maximum atomic E-state index is 10.5. The molecule has 1 N–H and O–H groups in total. The molecule has 6 heteroatoms. The highest BCUT2D eigenvalue weighted by molar-refractivity contribution is 9.10. The molecule has 2 rings (SSSR count). The third-order valence-electron chi connectivity index (χ3n) is 2.81. The van der Waals surface area contributed by atoms with Gasteiger partial charge in [0, 0.05) is 16.1 Å². The number of hydrogen-bond acceptors (Lipinski definition) is 2. The van der Waals surface area contributed by atoms with E-state index >= 15 is 0 Å². The van der Waals surface area contributed by atoms with E-state index < -0.39 is 6.10 Å². The number of benzene rings is 1. The van der Waals surface area contributed by atoms with Crippen LogP contribution in [0, 0.1) is 0 Å². The number of hydrogen-bond donors (Lipinski definition) is 1. The standard InChI is InChI=1S/C13H13BrCl2N2O/c1-7(2)18-12(10(15)6-17-18)13(19)8-4-3-5-9(14)11(8)16/h3-7,13,19H,1-2H3. The van der Waals surface area contributed by atoms with E-state index in [0.29, 0.717) is 21.3 Å². The Balaban J connectivity index is 2.53. The Labute approximate surface area is 130 Å². The summed E-state index contributed by atoms with van der Waals surface area (Å²) in [7, 11) is 0. The molecule has 0 spiro atoms. The predicted molar refractivity (Wildman–Crippen MR) is 80.8 cm³/mol. The second-order valence-electron chi connectivity index (χ2n) is 4.46. The lowest BCUT2D eigenvalue weighted by molar-refractivity contribution is 0.205. The fourth-order valence-corrected chi connectivity index (χ4v) is 2.74. The van der Waals surface area contributed by atoms with E-state index in [9.17, 15) is 5.11 Å². The molecule has 0 aliphatic heterocycles. The van der Waals surface area contributed by atoms with Gasteiger partial charge in [0.2, 0.25) is 0 Å². The second-order valence-corrected chi connectivity index (χ2v) is 6.10. The molecule has 0 aliphatic rings. The van der Waals surface area contributed by atoms with E-state index in [-0.39, 0.29) is 6.04 Å². The Morgan fingerprint density at radius 1 is 1.32 bits per heavy atom. The molecule has 0 saturated carbocycles. The van der Waals surface area contributed by atoms with Crippen molar-refractivity contribution in [1.82, 2.24) is 9.78 Å². The molecule has 0 fully saturated rings. The summed E-state index contributed by atoms with van der Waals surface area (Å²) in [6.45, 7) is 3.95. The lowest BCUT2D eigenvalue weighted by Gasteiger charge is -2.18. The van der Waals surface area contributed by atoms with Crippen molar-refractivity contribution >= 4 is 39.1 Å². The fraction of sp³-hybridized carbons (Fsp3) is 0.308. The van der Waals surface area contributed by atoms with Gasteiger partial charge in [0.1, 0.15) is 6.10 Å². The van der Waals surface area contributed by atoms with Gasteiger partial charge in [-0.15, -0.1) is 0 Å². The van der Waals surface area contributed by atoms with Crippen molar-refractivity contribution in [3.05, 3.63) is 50.2 Å². The topological polar surface area (TPSA) is 38.0 Å². The normalized spacial score (nSPS) is 13.0. The van der Waals surface area contributed by atoms with Gasteiger partial charge in [0.25, 0.3) is 0 Å². The van der Waals surface area contributed by atoms with Crippen LogP contribution >= 0.6 is 39.1 Å². The van der Waals surface area contributed by atoms with Crippen LogP contribution in [0.15, 0.2) is 28.9 Å². The summed E-state index contributed by atoms with van der Waals surface area (Å²) < 4.78 is 2.43. The number of nitrogens with zero attached hydrogens (tertiary/aromatic N) is 2. The van der Waals surface area contributed by atoms with Crippen LogP contribution in [0.3, 0.4) is 0 Å². The zero-order valence-electron chi connectivity index (χ0n) is 10.4. The van der Waals surface area contributed by atoms with Gasteiger partial charge in [-0.05, 0) is 35.8 Å². The van der Waals surface area contributed by atoms with E-state index in [4.69, 9.17) is 23.2 Å². The van der Waals surface area contributed by atoms with Crippen molar-refractivity contribution in [3.8, 4) is 0 Å². The minimum absolute atomic E-state index is 0.100. The maximum Gasteiger partial charge on any atom is 0.124 e. The predicted octanol–water partition coefficient (Wildman–Crippen LogP) is 4.62. The maximum absolute atomic E-state index is 10.5. The molecule has 0 aliphatic carbocycles. The number of aliphatic hydroxyl groups excluding tert-OH is 1. The third kappa shape index (κ3) is 2.82. The van der Waals surface area contributed by atoms with Gasteiger partial charge in [-0.1, -0.05) is 35.3 Å². The Bertz CT molecular complexity index is 598. The van der Waals surface area contributed by atoms with Crippen molar-refractivity contribution in [2.75, 3.05) is 0 Å². The molecule has 1 aromatic carbocycles. The summed E-state index contributed by atoms with van der Waals surface area (Å²) in [5, 5.41) is 15.6. The Morgan fingerprint density at radius 3 is 2.63 bits per heavy atom. The van der Waals surface area contributed by atoms with Gasteiger partial charge >= 0.3 is 0 Å². The Kier molecular flexibility index (Phi) is 4.56. The lowest BCUT2D eigenvalue weighted by Crippen LogP contribution is -2.13. The fourth-order valence-electron chi connectivity index (χ4n) is 1.90. The van der Waals surface area contributed by atoms with Crippen molar-refractivity contribution in [1.29, 1.82) is 0 Å². The van der Waals surface area contributed by atoms with Crippen LogP contribution in [0.1, 0.15) is 37.3 Å². The van der Waals surface area contributed by atoms with Gasteiger partial charge in [-0.2, -0.15) is 5.10 Å². The second kappa shape index (κ2) is 5.83. The Hall–Kier alpha value is -0.550. The summed E-state index contributed by atoms with van der Waals surface area (Å²) in [5.74, 6) is 0. The van der Waals surface area contributed by atoms with Crippen LogP contribution in [0.5, 0.6) is 0 Å². The molecule has 0 saturated heterocycles. The van der Waals surface area contributed by atoms with Crippen molar-refractivity contribution in [2.45, 2.75) is 26.0 Å². The van der Waals surface area contributed by atoms with E-state index in [1.54, 1.807) is 10.7 Å². The highest BCUT2D eigenvalue weighted by atomic mass is 79.9. The zero-order valence-corrected chi connectivity index (χ0v) is 13.5. The van der Waals surface area contributed by atoms with Crippen LogP contribution in [0.4, 0.5) is 0 Å². The smallest absolute Gasteiger partial charge is 0.124 e. The van der Waals surface area contributed by atoms with Gasteiger partial charge in [0.15, 0.2) is 0 Å². The van der Waals surface area contributed by atoms with Crippen LogP contribution in [-0.4, -0.2) is 14.9 Å². The summed E-state index contributed by atoms with van der Waals surface area (Å²) in [6, 6.07) is 5.51. The van der Waals surface area contributed by atoms with Crippen LogP contribution in [0.25, 0.3) is 0 Å². The quantitative estimate of drug-likeness (QED) is 0.864. The average Bonchev–Trinajstić information content (AvgIpc) is 2.74. The third-order valence-corrected chi connectivity index (χ3v) is 4.41. The molecule has 102 valence electrons. The van der Waals surface area contributed by atoms with Gasteiger partial charge in [-0.3, -0.25) is 4.68 Å². The molecule has 0 bridgehead atoms. The Morgan fingerprint density at radius 2 is 2.00 bits per heavy atom. The zero-order chi connectivity index (χ0) is 14.2. The molecule has 1 unspecified atom stereocenters. The van der Waals surface area contributed by atoms with Gasteiger partial charge in [0.05, 0.1) is 21.9 Å². The minimum Gasteiger partial charge on any atom is -0.382 e. The first kappa shape index (κ1) is 14.9. The molecule has 0 radical (unpaired) electrons. The molecule has 1 heterocycles. The summed E-state index contributed by atoms with van der Waals surface area (Å²) in [5.41, 5.74) is 1.15. The highest BCUT2D eigenvalue weighted by Gasteiger charge is 2.23. The summed E-state index contributed by atoms with van der Waals surface area (Å²) in [6.07, 6.45) is 0.619. The van der Waals surface area contributed by atoms with E-state index in [2.05, 4.69) is 21.0 Å². The van der Waals surface area contributed by atoms with E-state index in [1.807, 2.05) is 26.0 Å². The largest absolute Gasteiger partial charge is 0.382 e. The van der Waals surface area contributed by atoms with E-state index in [0.717, 1.165) is 4.47 Å². The number of rotatable bonds is 3. The molecule has 19 heavy (non-hydrogen) atoms. The first-order valence-corrected chi connectivity index (χ1v) is 7.33. The molecular formula is C13H13BrCl2N2O. The minimum atomic E-state index is -0.914. The van der Waals surface area contributed by atoms with Gasteiger partial charge < -0.3 is 5.11 Å². The van der Waals surface area contributed by atoms with Crippen molar-refractivity contribution < 1.29 is 5.11 Å². The summed E-state index contributed by atoms with van der Waals surface area (Å²) >= 11 is 15.7. The lowest BCUT2D eigenvalue weighted by atomic mass is 10.1. The van der Waals surface area contributed by atoms with Crippen molar-refractivity contribution in [3.63, 3.8) is 0 Å². The number of halogens is 3. The molecule has 1 aromatic heterocycles. The van der Waals surface area contributed by atoms with Crippen LogP contribution in [0.2, 0.25) is 10.0 Å². The summed E-state index contributed by atoms with van der Waals surface area (Å²) in [4.78, 5) is 0. The van der Waals surface area contributed by atoms with Crippen LogP contribution in [-0.2, 0) is 0 Å². The molecule has 1 atom stereocenters. The average molecular weight is 364 g/mol. The first-order chi connectivity index (χ1) is 8.93. The van der Waals surface area contributed by atoms with Crippen LogP contribution < -0.4 is 0 Å². The highest BCUT2D eigenvalue weighted by Crippen LogP contribution is 2.36. The molecule has 2 aromatic rings. The number of aromatic nitrogens is 2.